The number of carbonyl (C=O) groups is 1. The molecule has 2 aliphatic rings. The van der Waals surface area contributed by atoms with Crippen molar-refractivity contribution in [3.05, 3.63) is 34.2 Å². The molecule has 2 bridgehead atoms. The van der Waals surface area contributed by atoms with Gasteiger partial charge in [-0.15, -0.1) is 0 Å². The van der Waals surface area contributed by atoms with Crippen LogP contribution in [0.5, 0.6) is 0 Å². The van der Waals surface area contributed by atoms with Crippen molar-refractivity contribution in [2.45, 2.75) is 32.2 Å². The lowest BCUT2D eigenvalue weighted by Crippen LogP contribution is -2.48. The van der Waals surface area contributed by atoms with Gasteiger partial charge in [-0.1, -0.05) is 13.0 Å². The molecule has 1 aromatic rings. The van der Waals surface area contributed by atoms with E-state index in [0.29, 0.717) is 18.3 Å². The van der Waals surface area contributed by atoms with Crippen LogP contribution in [-0.4, -0.2) is 28.5 Å². The van der Waals surface area contributed by atoms with Crippen molar-refractivity contribution in [1.29, 1.82) is 0 Å². The number of hydrogen-bond acceptors (Lipinski definition) is 2. The van der Waals surface area contributed by atoms with E-state index >= 15 is 0 Å². The fourth-order valence-corrected chi connectivity index (χ4v) is 3.32. The highest BCUT2D eigenvalue weighted by Gasteiger charge is 2.35. The van der Waals surface area contributed by atoms with Crippen LogP contribution in [-0.2, 0) is 11.3 Å². The Labute approximate surface area is 106 Å². The zero-order valence-corrected chi connectivity index (χ0v) is 10.6. The Hall–Kier alpha value is -1.58. The lowest BCUT2D eigenvalue weighted by molar-refractivity contribution is -0.133. The second-order valence-corrected chi connectivity index (χ2v) is 5.35. The van der Waals surface area contributed by atoms with Gasteiger partial charge in [0.1, 0.15) is 0 Å². The summed E-state index contributed by atoms with van der Waals surface area (Å²) in [7, 11) is 0. The third kappa shape index (κ3) is 1.76. The lowest BCUT2D eigenvalue weighted by Gasteiger charge is -2.42. The fourth-order valence-electron chi connectivity index (χ4n) is 3.32. The molecule has 96 valence electrons. The van der Waals surface area contributed by atoms with Crippen molar-refractivity contribution in [1.82, 2.24) is 9.47 Å². The first-order valence-corrected chi connectivity index (χ1v) is 6.66. The average molecular weight is 246 g/mol. The van der Waals surface area contributed by atoms with Gasteiger partial charge >= 0.3 is 0 Å². The van der Waals surface area contributed by atoms with Gasteiger partial charge < -0.3 is 9.47 Å². The van der Waals surface area contributed by atoms with Crippen molar-refractivity contribution in [2.24, 2.45) is 5.92 Å². The minimum absolute atomic E-state index is 0.0949. The van der Waals surface area contributed by atoms with E-state index in [0.717, 1.165) is 31.7 Å². The number of fused-ring (bicyclic) bond motifs is 4. The van der Waals surface area contributed by atoms with Gasteiger partial charge in [-0.3, -0.25) is 9.59 Å². The molecule has 0 N–H and O–H groups in total. The molecule has 0 saturated carbocycles. The molecule has 1 fully saturated rings. The molecule has 1 amide bonds. The van der Waals surface area contributed by atoms with Gasteiger partial charge in [0, 0.05) is 43.7 Å². The van der Waals surface area contributed by atoms with Gasteiger partial charge in [0.2, 0.25) is 5.91 Å². The summed E-state index contributed by atoms with van der Waals surface area (Å²) in [6, 6.07) is 5.48. The molecule has 3 rings (SSSR count). The smallest absolute Gasteiger partial charge is 0.250 e. The molecule has 0 unspecified atom stereocenters. The second kappa shape index (κ2) is 4.26. The second-order valence-electron chi connectivity index (χ2n) is 5.35. The fraction of sp³-hybridized carbons (Fsp3) is 0.571. The minimum Gasteiger partial charge on any atom is -0.342 e. The maximum absolute atomic E-state index is 11.8. The van der Waals surface area contributed by atoms with Crippen molar-refractivity contribution < 1.29 is 4.79 Å². The highest BCUT2D eigenvalue weighted by molar-refractivity contribution is 5.76. The van der Waals surface area contributed by atoms with Crippen LogP contribution in [0.4, 0.5) is 0 Å². The predicted molar refractivity (Wildman–Crippen MR) is 68.4 cm³/mol. The van der Waals surface area contributed by atoms with Crippen LogP contribution in [0.2, 0.25) is 0 Å². The minimum atomic E-state index is 0.0949. The van der Waals surface area contributed by atoms with Crippen molar-refractivity contribution in [3.8, 4) is 0 Å². The normalized spacial score (nSPS) is 25.7. The number of aromatic nitrogens is 1. The van der Waals surface area contributed by atoms with Crippen LogP contribution in [0, 0.1) is 5.92 Å². The number of rotatable bonds is 1. The first-order chi connectivity index (χ1) is 8.69. The zero-order chi connectivity index (χ0) is 12.7. The SMILES string of the molecule is CCC(=O)N1C[C@@H]2C[C@H](C1)c1cccc(=O)n1C2. The predicted octanol–water partition coefficient (Wildman–Crippen LogP) is 1.20. The van der Waals surface area contributed by atoms with Crippen molar-refractivity contribution in [3.63, 3.8) is 0 Å². The van der Waals surface area contributed by atoms with Crippen molar-refractivity contribution >= 4 is 5.91 Å². The monoisotopic (exact) mass is 246 g/mol. The number of piperidine rings is 1. The van der Waals surface area contributed by atoms with Crippen LogP contribution in [0.3, 0.4) is 0 Å². The maximum Gasteiger partial charge on any atom is 0.250 e. The standard InChI is InChI=1S/C14H18N2O2/c1-2-13(17)15-7-10-6-11(9-15)12-4-3-5-14(18)16(12)8-10/h3-5,10-11H,2,6-9H2,1H3/t10-,11+/m0/s1. The molecular formula is C14H18N2O2. The summed E-state index contributed by atoms with van der Waals surface area (Å²) in [6.07, 6.45) is 1.68. The van der Waals surface area contributed by atoms with E-state index in [1.165, 1.54) is 0 Å². The zero-order valence-electron chi connectivity index (χ0n) is 10.6. The van der Waals surface area contributed by atoms with Crippen LogP contribution in [0.25, 0.3) is 0 Å². The number of likely N-dealkylation sites (tertiary alicyclic amines) is 1. The molecule has 4 nitrogen and oxygen atoms in total. The molecule has 2 atom stereocenters. The molecule has 0 radical (unpaired) electrons. The first-order valence-electron chi connectivity index (χ1n) is 6.66. The van der Waals surface area contributed by atoms with E-state index in [-0.39, 0.29) is 11.5 Å². The maximum atomic E-state index is 11.8. The summed E-state index contributed by atoms with van der Waals surface area (Å²) in [6.45, 7) is 4.25. The molecule has 18 heavy (non-hydrogen) atoms. The van der Waals surface area contributed by atoms with Crippen LogP contribution in [0.1, 0.15) is 31.4 Å². The van der Waals surface area contributed by atoms with Crippen LogP contribution >= 0.6 is 0 Å². The highest BCUT2D eigenvalue weighted by atomic mass is 16.2. The highest BCUT2D eigenvalue weighted by Crippen LogP contribution is 2.34. The Morgan fingerprint density at radius 2 is 2.17 bits per heavy atom. The van der Waals surface area contributed by atoms with Gasteiger partial charge in [0.15, 0.2) is 0 Å². The number of nitrogens with zero attached hydrogens (tertiary/aromatic N) is 2. The summed E-state index contributed by atoms with van der Waals surface area (Å²) in [5.41, 5.74) is 1.20. The summed E-state index contributed by atoms with van der Waals surface area (Å²) in [5.74, 6) is 1.00. The summed E-state index contributed by atoms with van der Waals surface area (Å²) in [5, 5.41) is 0. The Balaban J connectivity index is 1.95. The number of hydrogen-bond donors (Lipinski definition) is 0. The van der Waals surface area contributed by atoms with E-state index < -0.39 is 0 Å². The summed E-state index contributed by atoms with van der Waals surface area (Å²) < 4.78 is 1.90. The summed E-state index contributed by atoms with van der Waals surface area (Å²) >= 11 is 0. The van der Waals surface area contributed by atoms with E-state index in [4.69, 9.17) is 0 Å². The van der Waals surface area contributed by atoms with E-state index in [1.54, 1.807) is 6.07 Å². The van der Waals surface area contributed by atoms with Gasteiger partial charge in [-0.05, 0) is 18.4 Å². The number of amides is 1. The lowest BCUT2D eigenvalue weighted by atomic mass is 9.83. The van der Waals surface area contributed by atoms with E-state index in [2.05, 4.69) is 0 Å². The molecule has 0 aromatic carbocycles. The Morgan fingerprint density at radius 3 is 2.94 bits per heavy atom. The van der Waals surface area contributed by atoms with Gasteiger partial charge in [0.05, 0.1) is 0 Å². The van der Waals surface area contributed by atoms with E-state index in [9.17, 15) is 9.59 Å². The third-order valence-corrected chi connectivity index (χ3v) is 4.13. The Morgan fingerprint density at radius 1 is 1.33 bits per heavy atom. The van der Waals surface area contributed by atoms with Crippen molar-refractivity contribution in [2.75, 3.05) is 13.1 Å². The topological polar surface area (TPSA) is 42.3 Å². The third-order valence-electron chi connectivity index (χ3n) is 4.13. The van der Waals surface area contributed by atoms with E-state index in [1.807, 2.05) is 28.5 Å². The molecule has 1 aromatic heterocycles. The number of carbonyl (C=O) groups excluding carboxylic acids is 1. The average Bonchev–Trinajstić information content (AvgIpc) is 2.39. The van der Waals surface area contributed by atoms with Crippen LogP contribution in [0.15, 0.2) is 23.0 Å². The molecular weight excluding hydrogens is 228 g/mol. The molecule has 2 aliphatic heterocycles. The molecule has 0 aliphatic carbocycles. The quantitative estimate of drug-likeness (QED) is 0.747. The molecule has 1 saturated heterocycles. The molecule has 0 spiro atoms. The number of pyridine rings is 1. The van der Waals surface area contributed by atoms with Gasteiger partial charge in [-0.2, -0.15) is 0 Å². The largest absolute Gasteiger partial charge is 0.342 e. The molecule has 4 heteroatoms. The Kier molecular flexibility index (Phi) is 2.73. The molecule has 3 heterocycles. The summed E-state index contributed by atoms with van der Waals surface area (Å²) in [4.78, 5) is 25.7. The first kappa shape index (κ1) is 11.5. The van der Waals surface area contributed by atoms with Gasteiger partial charge in [-0.25, -0.2) is 0 Å². The van der Waals surface area contributed by atoms with Gasteiger partial charge in [0.25, 0.3) is 5.56 Å². The Bertz CT molecular complexity index is 535. The van der Waals surface area contributed by atoms with Crippen LogP contribution < -0.4 is 5.56 Å².